The average Bonchev–Trinajstić information content (AvgIpc) is 3.18. The van der Waals surface area contributed by atoms with Crippen LogP contribution in [0.25, 0.3) is 5.57 Å². The number of nitrogen functional groups attached to an aromatic ring is 1. The molecule has 0 radical (unpaired) electrons. The van der Waals surface area contributed by atoms with Gasteiger partial charge in [-0.2, -0.15) is 0 Å². The van der Waals surface area contributed by atoms with Gasteiger partial charge in [0, 0.05) is 12.0 Å². The number of hydrogen-bond donors (Lipinski definition) is 4. The number of amides is 2. The Morgan fingerprint density at radius 1 is 1.20 bits per heavy atom. The molecule has 1 aliphatic heterocycles. The number of carboxylic acid groups (broad SMARTS) is 1. The number of nitrogens with zero attached hydrogens (tertiary/aromatic N) is 2. The number of allylic oxidation sites excluding steroid dienone is 6. The minimum absolute atomic E-state index is 0.157. The Kier molecular flexibility index (Phi) is 9.63. The summed E-state index contributed by atoms with van der Waals surface area (Å²) in [6, 6.07) is 7.39. The Labute approximate surface area is 235 Å². The van der Waals surface area contributed by atoms with Gasteiger partial charge in [-0.3, -0.25) is 14.4 Å². The summed E-state index contributed by atoms with van der Waals surface area (Å²) in [5.74, 6) is -0.242. The largest absolute Gasteiger partial charge is 0.480 e. The first-order valence-electron chi connectivity index (χ1n) is 13.6. The smallest absolute Gasteiger partial charge is 0.322 e. The lowest BCUT2D eigenvalue weighted by Gasteiger charge is -2.24. The number of benzene rings is 1. The Morgan fingerprint density at radius 2 is 1.88 bits per heavy atom. The summed E-state index contributed by atoms with van der Waals surface area (Å²) in [6.07, 6.45) is 7.50. The SMILES string of the molecule is C\C=C/C(C(=C/CC)/c1nc(N)c2c(n1)NC(=O)[C@@]2(C)c1ccc(CCC(=O)NCC(=O)O)cc1)=C(\C)C(C)C. The minimum atomic E-state index is -1.10. The molecular weight excluding hydrogens is 506 g/mol. The summed E-state index contributed by atoms with van der Waals surface area (Å²) in [5, 5.41) is 14.0. The van der Waals surface area contributed by atoms with E-state index < -0.39 is 17.9 Å². The number of aryl methyl sites for hydroxylation is 1. The first-order valence-corrected chi connectivity index (χ1v) is 13.6. The normalized spacial score (nSPS) is 17.6. The molecule has 2 heterocycles. The molecule has 0 saturated heterocycles. The molecule has 3 rings (SSSR count). The molecule has 9 nitrogen and oxygen atoms in total. The van der Waals surface area contributed by atoms with Crippen LogP contribution in [0.2, 0.25) is 0 Å². The summed E-state index contributed by atoms with van der Waals surface area (Å²) in [5.41, 5.74) is 10.7. The monoisotopic (exact) mass is 545 g/mol. The van der Waals surface area contributed by atoms with Gasteiger partial charge in [-0.1, -0.05) is 68.8 Å². The van der Waals surface area contributed by atoms with Crippen LogP contribution in [-0.4, -0.2) is 39.4 Å². The van der Waals surface area contributed by atoms with Crippen molar-refractivity contribution in [1.29, 1.82) is 0 Å². The number of rotatable bonds is 11. The maximum Gasteiger partial charge on any atom is 0.322 e. The number of carboxylic acids is 1. The minimum Gasteiger partial charge on any atom is -0.480 e. The van der Waals surface area contributed by atoms with Crippen molar-refractivity contribution in [2.75, 3.05) is 17.6 Å². The number of carbonyl (C=O) groups excluding carboxylic acids is 2. The first kappa shape index (κ1) is 30.3. The van der Waals surface area contributed by atoms with Gasteiger partial charge in [0.05, 0.1) is 5.56 Å². The van der Waals surface area contributed by atoms with Gasteiger partial charge in [0.15, 0.2) is 5.82 Å². The zero-order chi connectivity index (χ0) is 29.6. The van der Waals surface area contributed by atoms with E-state index in [2.05, 4.69) is 50.5 Å². The fraction of sp³-hybridized carbons (Fsp3) is 0.387. The van der Waals surface area contributed by atoms with E-state index in [-0.39, 0.29) is 24.1 Å². The predicted octanol–water partition coefficient (Wildman–Crippen LogP) is 4.79. The van der Waals surface area contributed by atoms with Crippen LogP contribution in [-0.2, 0) is 26.2 Å². The van der Waals surface area contributed by atoms with Gasteiger partial charge in [0.2, 0.25) is 11.8 Å². The van der Waals surface area contributed by atoms with Crippen LogP contribution in [0.5, 0.6) is 0 Å². The van der Waals surface area contributed by atoms with Crippen LogP contribution in [0.1, 0.15) is 76.9 Å². The molecule has 9 heteroatoms. The number of aliphatic carboxylic acids is 1. The Morgan fingerprint density at radius 3 is 2.45 bits per heavy atom. The highest BCUT2D eigenvalue weighted by Gasteiger charge is 2.47. The lowest BCUT2D eigenvalue weighted by molar-refractivity contribution is -0.137. The number of nitrogens with one attached hydrogen (secondary N) is 2. The Balaban J connectivity index is 1.96. The topological polar surface area (TPSA) is 147 Å². The molecule has 0 bridgehead atoms. The highest BCUT2D eigenvalue weighted by Crippen LogP contribution is 2.45. The van der Waals surface area contributed by atoms with Crippen molar-refractivity contribution in [3.8, 4) is 0 Å². The second-order valence-electron chi connectivity index (χ2n) is 10.4. The summed E-state index contributed by atoms with van der Waals surface area (Å²) in [7, 11) is 0. The molecule has 1 aromatic carbocycles. The highest BCUT2D eigenvalue weighted by atomic mass is 16.4. The molecule has 212 valence electrons. The van der Waals surface area contributed by atoms with Gasteiger partial charge in [0.1, 0.15) is 23.6 Å². The number of anilines is 2. The van der Waals surface area contributed by atoms with Gasteiger partial charge in [-0.15, -0.1) is 0 Å². The molecule has 0 fully saturated rings. The maximum atomic E-state index is 13.4. The maximum absolute atomic E-state index is 13.4. The molecule has 1 aliphatic rings. The highest BCUT2D eigenvalue weighted by molar-refractivity contribution is 6.09. The second kappa shape index (κ2) is 12.7. The van der Waals surface area contributed by atoms with Crippen LogP contribution < -0.4 is 16.4 Å². The van der Waals surface area contributed by atoms with E-state index >= 15 is 0 Å². The summed E-state index contributed by atoms with van der Waals surface area (Å²) in [4.78, 5) is 45.4. The molecule has 5 N–H and O–H groups in total. The van der Waals surface area contributed by atoms with Crippen LogP contribution >= 0.6 is 0 Å². The first-order chi connectivity index (χ1) is 18.9. The molecule has 1 atom stereocenters. The van der Waals surface area contributed by atoms with Crippen molar-refractivity contribution in [2.45, 2.75) is 66.2 Å². The van der Waals surface area contributed by atoms with Crippen molar-refractivity contribution >= 4 is 35.0 Å². The van der Waals surface area contributed by atoms with Crippen molar-refractivity contribution < 1.29 is 19.5 Å². The number of carbonyl (C=O) groups is 3. The van der Waals surface area contributed by atoms with Crippen LogP contribution in [0.3, 0.4) is 0 Å². The standard InChI is InChI=1S/C31H39N5O4/c1-7-9-22(19(5)18(3)4)23(10-8-2)28-34-27(32)26-29(35-28)36-30(40)31(26,6)21-14-11-20(12-15-21)13-16-24(37)33-17-25(38)39/h7,9-12,14-15,18H,8,13,16-17H2,1-6H3,(H,33,37)(H,38,39)(H3,32,34,35,36,40)/b9-7-,22-19-,23-10-/t31-/m0/s1. The van der Waals surface area contributed by atoms with Gasteiger partial charge in [-0.05, 0) is 56.2 Å². The third-order valence-corrected chi connectivity index (χ3v) is 7.30. The molecule has 0 unspecified atom stereocenters. The quantitative estimate of drug-likeness (QED) is 0.297. The van der Waals surface area contributed by atoms with E-state index in [0.717, 1.165) is 28.7 Å². The summed E-state index contributed by atoms with van der Waals surface area (Å²) >= 11 is 0. The molecule has 1 aromatic heterocycles. The molecule has 2 amide bonds. The summed E-state index contributed by atoms with van der Waals surface area (Å²) in [6.45, 7) is 11.8. The molecular formula is C31H39N5O4. The fourth-order valence-corrected chi connectivity index (χ4v) is 4.77. The number of aromatic nitrogens is 2. The molecule has 0 saturated carbocycles. The van der Waals surface area contributed by atoms with Gasteiger partial charge < -0.3 is 21.5 Å². The van der Waals surface area contributed by atoms with E-state index in [1.165, 1.54) is 5.57 Å². The zero-order valence-electron chi connectivity index (χ0n) is 24.1. The Hall–Kier alpha value is -4.27. The van der Waals surface area contributed by atoms with Crippen molar-refractivity contribution in [1.82, 2.24) is 15.3 Å². The summed E-state index contributed by atoms with van der Waals surface area (Å²) < 4.78 is 0. The molecule has 0 spiro atoms. The van der Waals surface area contributed by atoms with Gasteiger partial charge >= 0.3 is 5.97 Å². The molecule has 2 aromatic rings. The number of hydrogen-bond acceptors (Lipinski definition) is 6. The zero-order valence-corrected chi connectivity index (χ0v) is 24.1. The number of fused-ring (bicyclic) bond motifs is 1. The van der Waals surface area contributed by atoms with Crippen LogP contribution in [0.15, 0.2) is 53.6 Å². The van der Waals surface area contributed by atoms with E-state index in [1.807, 2.05) is 37.3 Å². The lowest BCUT2D eigenvalue weighted by atomic mass is 9.77. The van der Waals surface area contributed by atoms with E-state index in [9.17, 15) is 14.4 Å². The second-order valence-corrected chi connectivity index (χ2v) is 10.4. The van der Waals surface area contributed by atoms with Crippen molar-refractivity contribution in [3.05, 3.63) is 76.2 Å². The third kappa shape index (κ3) is 6.30. The lowest BCUT2D eigenvalue weighted by Crippen LogP contribution is -2.33. The van der Waals surface area contributed by atoms with Crippen LogP contribution in [0, 0.1) is 5.92 Å². The van der Waals surface area contributed by atoms with Crippen molar-refractivity contribution in [2.24, 2.45) is 5.92 Å². The average molecular weight is 546 g/mol. The third-order valence-electron chi connectivity index (χ3n) is 7.30. The molecule has 0 aliphatic carbocycles. The van der Waals surface area contributed by atoms with E-state index in [0.29, 0.717) is 29.5 Å². The van der Waals surface area contributed by atoms with Gasteiger partial charge in [-0.25, -0.2) is 9.97 Å². The van der Waals surface area contributed by atoms with Gasteiger partial charge in [0.25, 0.3) is 0 Å². The van der Waals surface area contributed by atoms with E-state index in [4.69, 9.17) is 20.8 Å². The Bertz CT molecular complexity index is 1390. The van der Waals surface area contributed by atoms with Crippen molar-refractivity contribution in [3.63, 3.8) is 0 Å². The number of nitrogens with two attached hydrogens (primary N) is 1. The predicted molar refractivity (Wildman–Crippen MR) is 158 cm³/mol. The van der Waals surface area contributed by atoms with E-state index in [1.54, 1.807) is 6.92 Å². The van der Waals surface area contributed by atoms with Crippen LogP contribution in [0.4, 0.5) is 11.6 Å². The molecule has 40 heavy (non-hydrogen) atoms. The fourth-order valence-electron chi connectivity index (χ4n) is 4.77.